The van der Waals surface area contributed by atoms with E-state index in [9.17, 15) is 9.59 Å². The van der Waals surface area contributed by atoms with Gasteiger partial charge in [-0.15, -0.1) is 11.3 Å². The molecule has 3 aromatic heterocycles. The highest BCUT2D eigenvalue weighted by Crippen LogP contribution is 2.25. The van der Waals surface area contributed by atoms with Gasteiger partial charge in [-0.05, 0) is 43.7 Å². The topological polar surface area (TPSA) is 77.6 Å². The molecule has 1 aliphatic heterocycles. The number of thiophene rings is 1. The SMILES string of the molecule is CCC(C(=O)NCC1CCCO1)n1nc(C)n2c(cc3sccc32)c1=O. The lowest BCUT2D eigenvalue weighted by molar-refractivity contribution is -0.125. The van der Waals surface area contributed by atoms with Crippen molar-refractivity contribution in [1.29, 1.82) is 0 Å². The molecule has 138 valence electrons. The summed E-state index contributed by atoms with van der Waals surface area (Å²) in [5.41, 5.74) is 1.30. The molecule has 0 radical (unpaired) electrons. The molecule has 0 spiro atoms. The Hall–Kier alpha value is -2.19. The smallest absolute Gasteiger partial charge is 0.291 e. The summed E-state index contributed by atoms with van der Waals surface area (Å²) < 4.78 is 9.78. The fraction of sp³-hybridized carbons (Fsp3) is 0.500. The first-order valence-electron chi connectivity index (χ1n) is 8.97. The van der Waals surface area contributed by atoms with Crippen LogP contribution >= 0.6 is 11.3 Å². The molecule has 0 aliphatic carbocycles. The van der Waals surface area contributed by atoms with Gasteiger partial charge in [0.1, 0.15) is 17.4 Å². The van der Waals surface area contributed by atoms with Crippen LogP contribution in [-0.2, 0) is 9.53 Å². The number of fused-ring (bicyclic) bond motifs is 3. The Morgan fingerprint density at radius 3 is 3.08 bits per heavy atom. The van der Waals surface area contributed by atoms with Gasteiger partial charge in [0.25, 0.3) is 5.56 Å². The van der Waals surface area contributed by atoms with E-state index >= 15 is 0 Å². The summed E-state index contributed by atoms with van der Waals surface area (Å²) in [7, 11) is 0. The molecule has 2 unspecified atom stereocenters. The lowest BCUT2D eigenvalue weighted by atomic mass is 10.2. The molecule has 1 amide bonds. The van der Waals surface area contributed by atoms with Crippen LogP contribution < -0.4 is 10.9 Å². The summed E-state index contributed by atoms with van der Waals surface area (Å²) in [4.78, 5) is 25.7. The van der Waals surface area contributed by atoms with Crippen molar-refractivity contribution in [2.75, 3.05) is 13.2 Å². The van der Waals surface area contributed by atoms with Gasteiger partial charge < -0.3 is 10.1 Å². The van der Waals surface area contributed by atoms with Crippen molar-refractivity contribution in [2.45, 2.75) is 45.3 Å². The van der Waals surface area contributed by atoms with E-state index in [1.54, 1.807) is 11.3 Å². The van der Waals surface area contributed by atoms with Crippen LogP contribution in [0.25, 0.3) is 15.7 Å². The average molecular weight is 374 g/mol. The van der Waals surface area contributed by atoms with Gasteiger partial charge in [-0.25, -0.2) is 4.68 Å². The second-order valence-electron chi connectivity index (χ2n) is 6.64. The van der Waals surface area contributed by atoms with Gasteiger partial charge in [-0.2, -0.15) is 5.10 Å². The molecule has 0 bridgehead atoms. The highest BCUT2D eigenvalue weighted by atomic mass is 32.1. The summed E-state index contributed by atoms with van der Waals surface area (Å²) in [6.07, 6.45) is 2.55. The monoisotopic (exact) mass is 374 g/mol. The zero-order valence-electron chi connectivity index (χ0n) is 14.9. The first kappa shape index (κ1) is 17.2. The molecule has 7 nitrogen and oxygen atoms in total. The molecule has 3 aromatic rings. The largest absolute Gasteiger partial charge is 0.376 e. The fourth-order valence-corrected chi connectivity index (χ4v) is 4.42. The van der Waals surface area contributed by atoms with Gasteiger partial charge in [0, 0.05) is 13.2 Å². The van der Waals surface area contributed by atoms with Crippen LogP contribution in [0, 0.1) is 6.92 Å². The Bertz CT molecular complexity index is 1010. The molecule has 26 heavy (non-hydrogen) atoms. The second-order valence-corrected chi connectivity index (χ2v) is 7.58. The summed E-state index contributed by atoms with van der Waals surface area (Å²) >= 11 is 1.59. The molecule has 1 aliphatic rings. The first-order chi connectivity index (χ1) is 12.6. The van der Waals surface area contributed by atoms with Crippen LogP contribution in [0.15, 0.2) is 22.3 Å². The van der Waals surface area contributed by atoms with Crippen LogP contribution in [0.5, 0.6) is 0 Å². The van der Waals surface area contributed by atoms with Crippen molar-refractivity contribution in [2.24, 2.45) is 0 Å². The van der Waals surface area contributed by atoms with E-state index in [1.807, 2.05) is 35.8 Å². The van der Waals surface area contributed by atoms with Crippen molar-refractivity contribution >= 4 is 33.0 Å². The zero-order valence-corrected chi connectivity index (χ0v) is 15.7. The molecule has 4 rings (SSSR count). The van der Waals surface area contributed by atoms with Gasteiger partial charge in [-0.1, -0.05) is 6.92 Å². The van der Waals surface area contributed by atoms with E-state index in [0.717, 1.165) is 29.7 Å². The Balaban J connectivity index is 1.67. The number of aryl methyl sites for hydroxylation is 1. The normalized spacial score (nSPS) is 18.6. The summed E-state index contributed by atoms with van der Waals surface area (Å²) in [5, 5.41) is 9.37. The molecule has 0 saturated carbocycles. The van der Waals surface area contributed by atoms with Crippen molar-refractivity contribution in [3.63, 3.8) is 0 Å². The van der Waals surface area contributed by atoms with E-state index in [2.05, 4.69) is 10.4 Å². The van der Waals surface area contributed by atoms with Crippen molar-refractivity contribution in [3.05, 3.63) is 33.7 Å². The number of aromatic nitrogens is 3. The zero-order chi connectivity index (χ0) is 18.3. The van der Waals surface area contributed by atoms with Gasteiger partial charge in [0.15, 0.2) is 0 Å². The maximum absolute atomic E-state index is 13.0. The maximum atomic E-state index is 13.0. The Morgan fingerprint density at radius 2 is 2.35 bits per heavy atom. The first-order valence-corrected chi connectivity index (χ1v) is 9.85. The molecule has 1 fully saturated rings. The minimum Gasteiger partial charge on any atom is -0.376 e. The molecular formula is C18H22N4O3S. The number of amides is 1. The molecule has 2 atom stereocenters. The predicted molar refractivity (Wildman–Crippen MR) is 101 cm³/mol. The van der Waals surface area contributed by atoms with Crippen LogP contribution in [-0.4, -0.2) is 39.3 Å². The number of hydrogen-bond donors (Lipinski definition) is 1. The van der Waals surface area contributed by atoms with Crippen LogP contribution in [0.2, 0.25) is 0 Å². The van der Waals surface area contributed by atoms with Crippen LogP contribution in [0.4, 0.5) is 0 Å². The van der Waals surface area contributed by atoms with E-state index in [1.165, 1.54) is 4.68 Å². The third-order valence-corrected chi connectivity index (χ3v) is 5.79. The number of carbonyl (C=O) groups is 1. The van der Waals surface area contributed by atoms with E-state index < -0.39 is 6.04 Å². The molecule has 8 heteroatoms. The number of nitrogens with zero attached hydrogens (tertiary/aromatic N) is 3. The molecular weight excluding hydrogens is 352 g/mol. The van der Waals surface area contributed by atoms with Gasteiger partial charge in [-0.3, -0.25) is 14.0 Å². The van der Waals surface area contributed by atoms with Crippen LogP contribution in [0.3, 0.4) is 0 Å². The van der Waals surface area contributed by atoms with Gasteiger partial charge in [0.2, 0.25) is 5.91 Å². The van der Waals surface area contributed by atoms with E-state index in [-0.39, 0.29) is 17.6 Å². The number of carbonyl (C=O) groups excluding carboxylic acids is 1. The highest BCUT2D eigenvalue weighted by Gasteiger charge is 2.25. The van der Waals surface area contributed by atoms with Crippen molar-refractivity contribution in [1.82, 2.24) is 19.5 Å². The Kier molecular flexibility index (Phi) is 4.54. The minimum absolute atomic E-state index is 0.0720. The quantitative estimate of drug-likeness (QED) is 0.743. The lowest BCUT2D eigenvalue weighted by Gasteiger charge is -2.19. The number of hydrogen-bond acceptors (Lipinski definition) is 5. The Morgan fingerprint density at radius 1 is 1.50 bits per heavy atom. The molecule has 1 saturated heterocycles. The van der Waals surface area contributed by atoms with Gasteiger partial charge in [0.05, 0.1) is 16.3 Å². The van der Waals surface area contributed by atoms with E-state index in [0.29, 0.717) is 24.3 Å². The van der Waals surface area contributed by atoms with Crippen molar-refractivity contribution in [3.8, 4) is 0 Å². The predicted octanol–water partition coefficient (Wildman–Crippen LogP) is 2.27. The van der Waals surface area contributed by atoms with Gasteiger partial charge >= 0.3 is 0 Å². The van der Waals surface area contributed by atoms with Crippen LogP contribution in [0.1, 0.15) is 38.1 Å². The average Bonchev–Trinajstić information content (AvgIpc) is 3.34. The maximum Gasteiger partial charge on any atom is 0.291 e. The number of rotatable bonds is 5. The number of nitrogens with one attached hydrogen (secondary N) is 1. The second kappa shape index (κ2) is 6.85. The Labute approximate surface area is 154 Å². The minimum atomic E-state index is -0.625. The van der Waals surface area contributed by atoms with Crippen molar-refractivity contribution < 1.29 is 9.53 Å². The fourth-order valence-electron chi connectivity index (χ4n) is 3.61. The summed E-state index contributed by atoms with van der Waals surface area (Å²) in [5.74, 6) is 0.507. The number of ether oxygens (including phenoxy) is 1. The standard InChI is InChI=1S/C18H22N4O3S/c1-3-13(17(23)19-10-12-5-4-7-25-12)22-18(24)15-9-16-14(6-8-26-16)21(15)11(2)20-22/h6,8-9,12-13H,3-5,7,10H2,1-2H3,(H,19,23). The summed E-state index contributed by atoms with van der Waals surface area (Å²) in [6, 6.07) is 3.24. The molecule has 1 N–H and O–H groups in total. The molecule has 4 heterocycles. The third kappa shape index (κ3) is 2.83. The third-order valence-electron chi connectivity index (χ3n) is 4.94. The van der Waals surface area contributed by atoms with E-state index in [4.69, 9.17) is 4.74 Å². The highest BCUT2D eigenvalue weighted by molar-refractivity contribution is 7.17. The summed E-state index contributed by atoms with van der Waals surface area (Å²) in [6.45, 7) is 4.98. The molecule has 0 aromatic carbocycles. The lowest BCUT2D eigenvalue weighted by Crippen LogP contribution is -2.41.